The van der Waals surface area contributed by atoms with Gasteiger partial charge in [0.05, 0.1) is 19.5 Å². The summed E-state index contributed by atoms with van der Waals surface area (Å²) in [5.41, 5.74) is 1.33. The quantitative estimate of drug-likeness (QED) is 0.103. The van der Waals surface area contributed by atoms with Crippen molar-refractivity contribution in [3.8, 4) is 0 Å². The Labute approximate surface area is 193 Å². The van der Waals surface area contributed by atoms with Gasteiger partial charge in [-0.1, -0.05) is 84.8 Å². The van der Waals surface area contributed by atoms with Gasteiger partial charge in [-0.15, -0.1) is 0 Å². The monoisotopic (exact) mass is 458 g/mol. The van der Waals surface area contributed by atoms with Gasteiger partial charge in [0.1, 0.15) is 0 Å². The van der Waals surface area contributed by atoms with Crippen LogP contribution in [0.4, 0.5) is 0 Å². The van der Waals surface area contributed by atoms with Crippen LogP contribution in [0.1, 0.15) is 113 Å². The van der Waals surface area contributed by atoms with Crippen LogP contribution >= 0.6 is 7.82 Å². The number of rotatable bonds is 20. The van der Waals surface area contributed by atoms with Crippen LogP contribution < -0.4 is 0 Å². The van der Waals surface area contributed by atoms with Crippen molar-refractivity contribution in [1.82, 2.24) is 0 Å². The molecule has 184 valence electrons. The number of phosphoric acid groups is 1. The largest absolute Gasteiger partial charge is 0.529 e. The van der Waals surface area contributed by atoms with Crippen molar-refractivity contribution in [3.63, 3.8) is 0 Å². The maximum atomic E-state index is 13.4. The van der Waals surface area contributed by atoms with E-state index in [1.54, 1.807) is 0 Å². The van der Waals surface area contributed by atoms with Crippen molar-refractivity contribution in [2.75, 3.05) is 13.2 Å². The summed E-state index contributed by atoms with van der Waals surface area (Å²) >= 11 is 0. The van der Waals surface area contributed by atoms with Crippen LogP contribution in [0, 0.1) is 17.8 Å². The lowest BCUT2D eigenvalue weighted by Crippen LogP contribution is -2.12. The van der Waals surface area contributed by atoms with Gasteiger partial charge >= 0.3 is 7.82 Å². The number of hydrogen-bond donors (Lipinski definition) is 0. The maximum Gasteiger partial charge on any atom is 0.529 e. The Morgan fingerprint density at radius 3 is 1.81 bits per heavy atom. The van der Waals surface area contributed by atoms with Crippen molar-refractivity contribution < 1.29 is 18.1 Å². The molecule has 0 amide bonds. The average Bonchev–Trinajstić information content (AvgIpc) is 2.74. The number of allylic oxidation sites excluding steroid dienone is 3. The van der Waals surface area contributed by atoms with Gasteiger partial charge in [-0.3, -0.25) is 9.05 Å². The van der Waals surface area contributed by atoms with Crippen LogP contribution in [0.25, 0.3) is 0 Å². The second kappa shape index (κ2) is 18.9. The van der Waals surface area contributed by atoms with Gasteiger partial charge in [0, 0.05) is 0 Å². The van der Waals surface area contributed by atoms with Gasteiger partial charge in [0.25, 0.3) is 0 Å². The Balaban J connectivity index is 4.95. The molecule has 0 aliphatic rings. The zero-order valence-electron chi connectivity index (χ0n) is 21.5. The van der Waals surface area contributed by atoms with Crippen LogP contribution in [0.2, 0.25) is 0 Å². The zero-order chi connectivity index (χ0) is 23.5. The summed E-state index contributed by atoms with van der Waals surface area (Å²) in [6.07, 6.45) is 16.6. The molecule has 0 rings (SSSR count). The van der Waals surface area contributed by atoms with Crippen LogP contribution in [0.5, 0.6) is 0 Å². The summed E-state index contributed by atoms with van der Waals surface area (Å²) in [6.45, 7) is 15.9. The maximum absolute atomic E-state index is 13.4. The summed E-state index contributed by atoms with van der Waals surface area (Å²) in [4.78, 5) is 0. The van der Waals surface area contributed by atoms with Crippen molar-refractivity contribution in [2.24, 2.45) is 17.8 Å². The van der Waals surface area contributed by atoms with Crippen molar-refractivity contribution in [2.45, 2.75) is 113 Å². The van der Waals surface area contributed by atoms with E-state index in [0.717, 1.165) is 64.2 Å². The van der Waals surface area contributed by atoms with E-state index < -0.39 is 7.82 Å². The molecule has 0 saturated heterocycles. The topological polar surface area (TPSA) is 44.8 Å². The van der Waals surface area contributed by atoms with Crippen molar-refractivity contribution in [3.05, 3.63) is 24.0 Å². The van der Waals surface area contributed by atoms with Crippen LogP contribution in [0.3, 0.4) is 0 Å². The Morgan fingerprint density at radius 2 is 1.39 bits per heavy atom. The summed E-state index contributed by atoms with van der Waals surface area (Å²) in [7, 11) is -3.61. The van der Waals surface area contributed by atoms with E-state index in [-0.39, 0.29) is 0 Å². The molecule has 0 radical (unpaired) electrons. The van der Waals surface area contributed by atoms with Crippen LogP contribution in [-0.2, 0) is 18.1 Å². The van der Waals surface area contributed by atoms with Gasteiger partial charge < -0.3 is 4.52 Å². The molecule has 4 nitrogen and oxygen atoms in total. The summed E-state index contributed by atoms with van der Waals surface area (Å²) in [5.74, 6) is 1.11. The van der Waals surface area contributed by atoms with Gasteiger partial charge in [0.2, 0.25) is 0 Å². The van der Waals surface area contributed by atoms with Crippen molar-refractivity contribution in [1.29, 1.82) is 0 Å². The molecule has 0 spiro atoms. The molecule has 0 fully saturated rings. The molecule has 0 aliphatic carbocycles. The molecule has 5 heteroatoms. The standard InChI is InChI=1S/C26H51O4P/c1-8-12-17-25(10-3)21-29-31(27,30-22-26(11-4)18-13-9-2)28-20-19-24(7)16-14-15-23(5)6/h15,19-20,24-26H,8-14,16-18,21-22H2,1-7H3. The third-order valence-corrected chi connectivity index (χ3v) is 7.11. The number of hydrogen-bond acceptors (Lipinski definition) is 4. The van der Waals surface area contributed by atoms with E-state index >= 15 is 0 Å². The molecule has 0 aromatic heterocycles. The normalized spacial score (nSPS) is 16.6. The third-order valence-electron chi connectivity index (χ3n) is 5.79. The second-order valence-electron chi connectivity index (χ2n) is 9.14. The Kier molecular flexibility index (Phi) is 18.6. The highest BCUT2D eigenvalue weighted by atomic mass is 31.2. The first-order chi connectivity index (χ1) is 14.8. The summed E-state index contributed by atoms with van der Waals surface area (Å²) in [5, 5.41) is 0. The highest BCUT2D eigenvalue weighted by molar-refractivity contribution is 7.48. The molecular weight excluding hydrogens is 407 g/mol. The SMILES string of the molecule is CCCCC(CC)COP(=O)(OC=CC(C)CCC=C(C)C)OCC(CC)CCCC. The molecule has 0 aromatic rings. The zero-order valence-corrected chi connectivity index (χ0v) is 22.4. The molecule has 0 bridgehead atoms. The van der Waals surface area contributed by atoms with Crippen LogP contribution in [0.15, 0.2) is 24.0 Å². The van der Waals surface area contributed by atoms with Crippen molar-refractivity contribution >= 4 is 7.82 Å². The Hall–Kier alpha value is -0.570. The molecule has 0 heterocycles. The molecule has 0 saturated carbocycles. The smallest absolute Gasteiger partial charge is 0.412 e. The highest BCUT2D eigenvalue weighted by Crippen LogP contribution is 2.51. The summed E-state index contributed by atoms with van der Waals surface area (Å²) < 4.78 is 30.6. The molecular formula is C26H51O4P. The van der Waals surface area contributed by atoms with E-state index in [9.17, 15) is 4.57 Å². The summed E-state index contributed by atoms with van der Waals surface area (Å²) in [6, 6.07) is 0. The van der Waals surface area contributed by atoms with E-state index in [1.807, 2.05) is 6.08 Å². The average molecular weight is 459 g/mol. The molecule has 31 heavy (non-hydrogen) atoms. The molecule has 0 N–H and O–H groups in total. The minimum absolute atomic E-state index is 0.338. The minimum atomic E-state index is -3.61. The number of unbranched alkanes of at least 4 members (excludes halogenated alkanes) is 2. The predicted octanol–water partition coefficient (Wildman–Crippen LogP) is 9.47. The van der Waals surface area contributed by atoms with E-state index in [1.165, 1.54) is 11.8 Å². The third kappa shape index (κ3) is 16.7. The second-order valence-corrected chi connectivity index (χ2v) is 10.8. The highest BCUT2D eigenvalue weighted by Gasteiger charge is 2.29. The minimum Gasteiger partial charge on any atom is -0.412 e. The first kappa shape index (κ1) is 30.4. The van der Waals surface area contributed by atoms with Gasteiger partial charge in [-0.25, -0.2) is 4.57 Å². The molecule has 0 aromatic carbocycles. The lowest BCUT2D eigenvalue weighted by molar-refractivity contribution is 0.105. The van der Waals surface area contributed by atoms with E-state index in [2.05, 4.69) is 54.5 Å². The van der Waals surface area contributed by atoms with E-state index in [4.69, 9.17) is 13.6 Å². The molecule has 3 atom stereocenters. The first-order valence-corrected chi connectivity index (χ1v) is 14.1. The Morgan fingerprint density at radius 1 is 0.871 bits per heavy atom. The lowest BCUT2D eigenvalue weighted by atomic mass is 10.0. The fraction of sp³-hybridized carbons (Fsp3) is 0.846. The molecule has 0 aliphatic heterocycles. The fourth-order valence-corrected chi connectivity index (χ4v) is 4.47. The fourth-order valence-electron chi connectivity index (χ4n) is 3.26. The van der Waals surface area contributed by atoms with E-state index in [0.29, 0.717) is 31.0 Å². The number of phosphoric ester groups is 1. The molecule has 3 unspecified atom stereocenters. The van der Waals surface area contributed by atoms with Gasteiger partial charge in [0.15, 0.2) is 0 Å². The van der Waals surface area contributed by atoms with Gasteiger partial charge in [-0.05, 0) is 63.4 Å². The van der Waals surface area contributed by atoms with Crippen LogP contribution in [-0.4, -0.2) is 13.2 Å². The predicted molar refractivity (Wildman–Crippen MR) is 134 cm³/mol. The Bertz CT molecular complexity index is 502. The first-order valence-electron chi connectivity index (χ1n) is 12.7. The lowest BCUT2D eigenvalue weighted by Gasteiger charge is -2.22. The van der Waals surface area contributed by atoms with Gasteiger partial charge in [-0.2, -0.15) is 0 Å².